The third-order valence-corrected chi connectivity index (χ3v) is 18.5. The van der Waals surface area contributed by atoms with Gasteiger partial charge in [-0.2, -0.15) is 0 Å². The maximum absolute atomic E-state index is 15.3. The molecule has 0 aliphatic carbocycles. The predicted octanol–water partition coefficient (Wildman–Crippen LogP) is 2.03. The standard InChI is InChI=1S/C72H82F2N14O15/c1-38-64(96)80-37-61(92)83-57(29-46-36-78-52-19-15-47(73)31-51(46)52)68(100)85-58(28-45-35-79-54-32-48(74)14-18-50(45)54)69(101)84-55(33-62(93)94)60(91)30-44(25-42-20-23-76-34-42)66(98)86-59(27-41-10-16-49(90)17-11-41)70(102)88-24-6-21-72(88,3)71(103)87-56(63(75)95)26-40-8-12-43(13-9-40)65(97)77-22-5-4-7-53(67(99)81-38)82-39(2)89/h8-19,23,31-32,34-36,38,44,53,55-59,78-79,90H,4-7,20-22,24-30,33,37H2,1-3H3,(H2,75,95)(H,77,97)(H,80,96)(H,81,99)(H,82,89)(H,83,92)(H,84,101)(H,85,100)(H,86,98)(H,87,103)(H,93,94)/t38-,44+,53-,55-,56-,57-,58-,59-,72-/m0/s1. The highest BCUT2D eigenvalue weighted by Crippen LogP contribution is 2.32. The second-order valence-electron chi connectivity index (χ2n) is 26.2. The van der Waals surface area contributed by atoms with Gasteiger partial charge in [0.15, 0.2) is 5.78 Å². The summed E-state index contributed by atoms with van der Waals surface area (Å²) >= 11 is 0. The molecule has 2 bridgehead atoms. The molecule has 0 radical (unpaired) electrons. The van der Waals surface area contributed by atoms with Crippen LogP contribution in [0.4, 0.5) is 8.78 Å². The number of carbonyl (C=O) groups excluding carboxylic acids is 12. The van der Waals surface area contributed by atoms with E-state index in [2.05, 4.69) is 62.8 Å². The van der Waals surface area contributed by atoms with Crippen molar-refractivity contribution in [2.45, 2.75) is 152 Å². The zero-order valence-corrected chi connectivity index (χ0v) is 56.8. The summed E-state index contributed by atoms with van der Waals surface area (Å²) in [5.41, 5.74) is 7.23. The smallest absolute Gasteiger partial charge is 0.305 e. The van der Waals surface area contributed by atoms with Crippen molar-refractivity contribution in [1.82, 2.24) is 62.7 Å². The summed E-state index contributed by atoms with van der Waals surface area (Å²) in [6.07, 6.45) is 3.92. The number of nitrogens with two attached hydrogens (primary N) is 1. The van der Waals surface area contributed by atoms with Gasteiger partial charge in [-0.15, -0.1) is 0 Å². The van der Waals surface area contributed by atoms with Crippen molar-refractivity contribution in [1.29, 1.82) is 0 Å². The second kappa shape index (κ2) is 34.1. The molecule has 1 fully saturated rings. The molecule has 6 heterocycles. The fraction of sp³-hybridized carbons (Fsp3) is 0.389. The molecule has 0 saturated carbocycles. The number of aromatic amines is 2. The number of rotatable bonds is 12. The Kier molecular flexibility index (Phi) is 25.0. The molecule has 4 aliphatic heterocycles. The summed E-state index contributed by atoms with van der Waals surface area (Å²) in [5, 5.41) is 44.7. The van der Waals surface area contributed by atoms with Gasteiger partial charge in [-0.25, -0.2) is 8.78 Å². The first kappa shape index (κ1) is 75.5. The highest BCUT2D eigenvalue weighted by molar-refractivity contribution is 6.01. The lowest BCUT2D eigenvalue weighted by Gasteiger charge is -2.37. The van der Waals surface area contributed by atoms with Crippen molar-refractivity contribution in [3.05, 3.63) is 149 Å². The average Bonchev–Trinajstić information content (AvgIpc) is 1.70. The average molecular weight is 1420 g/mol. The van der Waals surface area contributed by atoms with Crippen LogP contribution in [0.3, 0.4) is 0 Å². The molecule has 4 aromatic carbocycles. The third kappa shape index (κ3) is 20.1. The number of fused-ring (bicyclic) bond motifs is 35. The Morgan fingerprint density at radius 3 is 2.02 bits per heavy atom. The molecule has 4 aliphatic rings. The van der Waals surface area contributed by atoms with Crippen LogP contribution in [0.2, 0.25) is 0 Å². The van der Waals surface area contributed by atoms with E-state index in [-0.39, 0.29) is 80.4 Å². The topological polar surface area (TPSA) is 444 Å². The van der Waals surface area contributed by atoms with Crippen molar-refractivity contribution in [2.75, 3.05) is 19.6 Å². The Morgan fingerprint density at radius 2 is 1.34 bits per heavy atom. The Bertz CT molecular complexity index is 4310. The molecule has 103 heavy (non-hydrogen) atoms. The van der Waals surface area contributed by atoms with Crippen LogP contribution >= 0.6 is 0 Å². The van der Waals surface area contributed by atoms with E-state index in [1.165, 1.54) is 111 Å². The number of hydrogen-bond acceptors (Lipinski definition) is 15. The molecule has 0 spiro atoms. The number of H-pyrrole nitrogens is 2. The number of phenols is 1. The van der Waals surface area contributed by atoms with E-state index in [0.29, 0.717) is 51.4 Å². The lowest BCUT2D eigenvalue weighted by atomic mass is 9.89. The predicted molar refractivity (Wildman–Crippen MR) is 370 cm³/mol. The summed E-state index contributed by atoms with van der Waals surface area (Å²) in [4.78, 5) is 194. The van der Waals surface area contributed by atoms with Crippen LogP contribution in [0.5, 0.6) is 5.75 Å². The van der Waals surface area contributed by atoms with Gasteiger partial charge in [0.2, 0.25) is 59.1 Å². The van der Waals surface area contributed by atoms with E-state index < -0.39 is 174 Å². The van der Waals surface area contributed by atoms with Gasteiger partial charge in [-0.05, 0) is 141 Å². The number of carboxylic acid groups (broad SMARTS) is 1. The number of aliphatic imine (C=N–C) groups is 1. The van der Waals surface area contributed by atoms with Gasteiger partial charge < -0.3 is 78.7 Å². The van der Waals surface area contributed by atoms with Gasteiger partial charge in [0, 0.05) is 117 Å². The van der Waals surface area contributed by atoms with E-state index in [1.807, 2.05) is 0 Å². The van der Waals surface area contributed by atoms with Gasteiger partial charge in [-0.3, -0.25) is 67.3 Å². The summed E-state index contributed by atoms with van der Waals surface area (Å²) in [6, 6.07) is 8.70. The number of nitrogens with zero attached hydrogens (tertiary/aromatic N) is 2. The largest absolute Gasteiger partial charge is 0.508 e. The monoisotopic (exact) mass is 1420 g/mol. The molecule has 1 saturated heterocycles. The molecular formula is C72H82F2N14O15. The summed E-state index contributed by atoms with van der Waals surface area (Å²) in [6.45, 7) is 3.31. The normalized spacial score (nSPS) is 23.9. The molecule has 544 valence electrons. The molecule has 29 nitrogen and oxygen atoms in total. The number of benzene rings is 4. The van der Waals surface area contributed by atoms with Crippen LogP contribution in [-0.2, 0) is 83.2 Å². The van der Waals surface area contributed by atoms with Crippen LogP contribution in [0.25, 0.3) is 21.8 Å². The highest BCUT2D eigenvalue weighted by atomic mass is 19.1. The molecule has 11 amide bonds. The maximum atomic E-state index is 15.3. The minimum atomic E-state index is -1.94. The molecule has 6 aromatic rings. The van der Waals surface area contributed by atoms with Crippen molar-refractivity contribution in [3.8, 4) is 5.75 Å². The van der Waals surface area contributed by atoms with E-state index in [0.717, 1.165) is 6.07 Å². The number of carboxylic acids is 1. The number of Topliss-reactive ketones (excluding diaryl/α,β-unsaturated/α-hetero) is 1. The van der Waals surface area contributed by atoms with Crippen LogP contribution in [0.1, 0.15) is 111 Å². The molecule has 0 unspecified atom stereocenters. The number of phenolic OH excluding ortho intramolecular Hbond substituents is 1. The van der Waals surface area contributed by atoms with Gasteiger partial charge in [0.25, 0.3) is 5.91 Å². The number of aromatic hydroxyl groups is 1. The van der Waals surface area contributed by atoms with E-state index >= 15 is 19.2 Å². The SMILES string of the molecule is CC(=O)N[C@H]1CCCCNC(=O)c2ccc(cc2)C[C@@H](C(N)=O)NC(=O)[C@]2(C)CCCN2C(=O)[C@H](Cc2ccc(O)cc2)NC(=O)[C@H](CC2=CN=CC2)CC(=O)[C@H](CC(=O)O)NC(=O)[C@H](Cc2c[nH]c3cc(F)ccc23)NC(=O)[C@H](Cc2c[nH]c3ccc(F)cc23)NC(=O)CNC(=O)[C@H](C)NC1=O. The Labute approximate surface area is 589 Å². The summed E-state index contributed by atoms with van der Waals surface area (Å²) in [7, 11) is 0. The number of halogens is 2. The zero-order chi connectivity index (χ0) is 74.2. The van der Waals surface area contributed by atoms with Gasteiger partial charge in [0.05, 0.1) is 19.0 Å². The number of allylic oxidation sites excluding steroid dienone is 1. The fourth-order valence-electron chi connectivity index (χ4n) is 12.8. The minimum Gasteiger partial charge on any atom is -0.508 e. The molecule has 2 aromatic heterocycles. The molecule has 10 rings (SSSR count). The first-order valence-electron chi connectivity index (χ1n) is 33.7. The van der Waals surface area contributed by atoms with Crippen LogP contribution in [-0.4, -0.2) is 175 Å². The summed E-state index contributed by atoms with van der Waals surface area (Å²) < 4.78 is 29.4. The number of aromatic nitrogens is 2. The second-order valence-corrected chi connectivity index (χ2v) is 26.2. The van der Waals surface area contributed by atoms with Gasteiger partial charge in [-0.1, -0.05) is 24.3 Å². The number of aliphatic carboxylic acids is 1. The van der Waals surface area contributed by atoms with Crippen LogP contribution in [0, 0.1) is 17.6 Å². The Balaban J connectivity index is 1.05. The number of hydrogen-bond donors (Lipinski definition) is 14. The van der Waals surface area contributed by atoms with Crippen molar-refractivity contribution in [2.24, 2.45) is 16.6 Å². The lowest BCUT2D eigenvalue weighted by Crippen LogP contribution is -2.62. The van der Waals surface area contributed by atoms with Crippen molar-refractivity contribution in [3.63, 3.8) is 0 Å². The maximum Gasteiger partial charge on any atom is 0.305 e. The number of nitrogens with one attached hydrogen (secondary N) is 11. The number of ketones is 1. The molecule has 9 atom stereocenters. The number of carbonyl (C=O) groups is 13. The first-order chi connectivity index (χ1) is 49.1. The fourth-order valence-corrected chi connectivity index (χ4v) is 12.8. The molecule has 31 heteroatoms. The van der Waals surface area contributed by atoms with Crippen molar-refractivity contribution < 1.29 is 81.3 Å². The quantitative estimate of drug-likeness (QED) is 0.0780. The molecule has 15 N–H and O–H groups in total. The Hall–Kier alpha value is -11.7. The van der Waals surface area contributed by atoms with Crippen molar-refractivity contribution >= 4 is 105 Å². The zero-order valence-electron chi connectivity index (χ0n) is 56.8. The van der Waals surface area contributed by atoms with Crippen LogP contribution in [0.15, 0.2) is 114 Å². The van der Waals surface area contributed by atoms with E-state index in [9.17, 15) is 62.1 Å². The lowest BCUT2D eigenvalue weighted by molar-refractivity contribution is -0.147. The van der Waals surface area contributed by atoms with E-state index in [1.54, 1.807) is 18.3 Å². The molecular weight excluding hydrogens is 1340 g/mol. The van der Waals surface area contributed by atoms with Gasteiger partial charge in [0.1, 0.15) is 59.2 Å². The Morgan fingerprint density at radius 1 is 0.680 bits per heavy atom. The van der Waals surface area contributed by atoms with Gasteiger partial charge >= 0.3 is 5.97 Å². The highest BCUT2D eigenvalue weighted by Gasteiger charge is 2.49. The summed E-state index contributed by atoms with van der Waals surface area (Å²) in [5.74, 6) is -14.6. The number of primary amides is 1. The van der Waals surface area contributed by atoms with Crippen LogP contribution < -0.4 is 53.6 Å². The minimum absolute atomic E-state index is 0.00712. The third-order valence-electron chi connectivity index (χ3n) is 18.5. The number of amides is 11. The van der Waals surface area contributed by atoms with E-state index in [4.69, 9.17) is 5.73 Å². The first-order valence-corrected chi connectivity index (χ1v) is 33.7.